The third kappa shape index (κ3) is 2.86. The summed E-state index contributed by atoms with van der Waals surface area (Å²) < 4.78 is 0. The Hall–Kier alpha value is -2.83. The summed E-state index contributed by atoms with van der Waals surface area (Å²) >= 11 is 0. The molecule has 7 nitrogen and oxygen atoms in total. The highest BCUT2D eigenvalue weighted by Gasteiger charge is 2.48. The molecule has 0 saturated carbocycles. The highest BCUT2D eigenvalue weighted by molar-refractivity contribution is 5.95. The topological polar surface area (TPSA) is 79.3 Å². The first-order valence-corrected chi connectivity index (χ1v) is 8.43. The Morgan fingerprint density at radius 3 is 2.88 bits per heavy atom. The molecule has 0 spiro atoms. The molecule has 2 aromatic rings. The van der Waals surface area contributed by atoms with E-state index in [2.05, 4.69) is 15.2 Å². The molecule has 0 unspecified atom stereocenters. The van der Waals surface area contributed by atoms with Gasteiger partial charge in [-0.3, -0.25) is 14.6 Å². The fourth-order valence-corrected chi connectivity index (χ4v) is 3.83. The molecule has 0 radical (unpaired) electrons. The molecule has 2 aliphatic heterocycles. The number of aryl methyl sites for hydroxylation is 1. The van der Waals surface area contributed by atoms with E-state index in [1.807, 2.05) is 34.9 Å². The largest absolute Gasteiger partial charge is 0.333 e. The summed E-state index contributed by atoms with van der Waals surface area (Å²) in [4.78, 5) is 33.4. The quantitative estimate of drug-likeness (QED) is 0.841. The van der Waals surface area contributed by atoms with Gasteiger partial charge in [0, 0.05) is 18.7 Å². The van der Waals surface area contributed by atoms with Crippen LogP contribution in [0.4, 0.5) is 0 Å². The lowest BCUT2D eigenvalue weighted by Crippen LogP contribution is -2.39. The van der Waals surface area contributed by atoms with Crippen LogP contribution in [0, 0.1) is 6.92 Å². The Morgan fingerprint density at radius 2 is 2.12 bits per heavy atom. The molecule has 0 aromatic carbocycles. The zero-order valence-corrected chi connectivity index (χ0v) is 14.0. The molecule has 4 rings (SSSR count). The fraction of sp³-hybridized carbons (Fsp3) is 0.389. The highest BCUT2D eigenvalue weighted by Crippen LogP contribution is 2.34. The second-order valence-electron chi connectivity index (χ2n) is 6.55. The maximum Gasteiger partial charge on any atom is 0.255 e. The number of aromatic nitrogens is 3. The number of nitrogens with zero attached hydrogens (tertiary/aromatic N) is 5. The van der Waals surface area contributed by atoms with Crippen LogP contribution in [0.3, 0.4) is 0 Å². The van der Waals surface area contributed by atoms with Gasteiger partial charge in [0.15, 0.2) is 0 Å². The summed E-state index contributed by atoms with van der Waals surface area (Å²) in [5, 5.41) is 7.48. The first kappa shape index (κ1) is 15.7. The Morgan fingerprint density at radius 1 is 1.24 bits per heavy atom. The minimum absolute atomic E-state index is 0.0635. The van der Waals surface area contributed by atoms with E-state index >= 15 is 0 Å². The number of rotatable bonds is 3. The number of likely N-dealkylation sites (tertiary alicyclic amines) is 2. The normalized spacial score (nSPS) is 22.4. The second-order valence-corrected chi connectivity index (χ2v) is 6.55. The van der Waals surface area contributed by atoms with Crippen LogP contribution in [0.2, 0.25) is 0 Å². The minimum Gasteiger partial charge on any atom is -0.333 e. The van der Waals surface area contributed by atoms with Gasteiger partial charge in [-0.1, -0.05) is 6.07 Å². The number of hydrogen-bond acceptors (Lipinski definition) is 5. The van der Waals surface area contributed by atoms with Gasteiger partial charge in [0.25, 0.3) is 5.91 Å². The molecule has 0 aliphatic carbocycles. The van der Waals surface area contributed by atoms with Crippen LogP contribution >= 0.6 is 0 Å². The van der Waals surface area contributed by atoms with E-state index < -0.39 is 0 Å². The van der Waals surface area contributed by atoms with E-state index in [4.69, 9.17) is 0 Å². The number of amides is 2. The molecule has 2 aliphatic rings. The van der Waals surface area contributed by atoms with Crippen molar-refractivity contribution in [3.63, 3.8) is 0 Å². The van der Waals surface area contributed by atoms with Gasteiger partial charge in [0.05, 0.1) is 42.3 Å². The van der Waals surface area contributed by atoms with Crippen LogP contribution < -0.4 is 0 Å². The zero-order valence-electron chi connectivity index (χ0n) is 14.0. The molecule has 2 fully saturated rings. The van der Waals surface area contributed by atoms with Crippen molar-refractivity contribution in [1.29, 1.82) is 0 Å². The van der Waals surface area contributed by atoms with E-state index in [0.717, 1.165) is 17.8 Å². The molecule has 2 atom stereocenters. The van der Waals surface area contributed by atoms with Crippen LogP contribution in [0.25, 0.3) is 0 Å². The fourth-order valence-electron chi connectivity index (χ4n) is 3.83. The molecule has 7 heteroatoms. The molecule has 4 heterocycles. The summed E-state index contributed by atoms with van der Waals surface area (Å²) in [6, 6.07) is 7.49. The van der Waals surface area contributed by atoms with E-state index in [-0.39, 0.29) is 23.9 Å². The van der Waals surface area contributed by atoms with Crippen LogP contribution in [0.1, 0.15) is 34.6 Å². The van der Waals surface area contributed by atoms with Crippen LogP contribution in [0.5, 0.6) is 0 Å². The molecule has 0 N–H and O–H groups in total. The van der Waals surface area contributed by atoms with Crippen molar-refractivity contribution in [3.05, 3.63) is 53.6 Å². The first-order chi connectivity index (χ1) is 12.1. The molecular weight excluding hydrogens is 318 g/mol. The lowest BCUT2D eigenvalue weighted by Gasteiger charge is -2.25. The van der Waals surface area contributed by atoms with Crippen LogP contribution in [-0.4, -0.2) is 55.4 Å². The Kier molecular flexibility index (Phi) is 3.91. The SMILES string of the molecule is Cc1cccc(CN2C(=O)C[C@H]3[C@H]2CCN3C(=O)c2ccnnc2)n1. The monoisotopic (exact) mass is 337 g/mol. The van der Waals surface area contributed by atoms with E-state index in [0.29, 0.717) is 25.1 Å². The van der Waals surface area contributed by atoms with Gasteiger partial charge < -0.3 is 9.80 Å². The maximum absolute atomic E-state index is 12.7. The zero-order chi connectivity index (χ0) is 17.4. The van der Waals surface area contributed by atoms with Crippen LogP contribution in [0.15, 0.2) is 36.7 Å². The Bertz CT molecular complexity index is 810. The van der Waals surface area contributed by atoms with Crippen LogP contribution in [-0.2, 0) is 11.3 Å². The van der Waals surface area contributed by atoms with Crippen molar-refractivity contribution in [2.45, 2.75) is 38.4 Å². The molecule has 128 valence electrons. The third-order valence-corrected chi connectivity index (χ3v) is 4.99. The summed E-state index contributed by atoms with van der Waals surface area (Å²) in [5.74, 6) is 0.00869. The van der Waals surface area contributed by atoms with E-state index in [1.165, 1.54) is 12.4 Å². The van der Waals surface area contributed by atoms with Gasteiger partial charge >= 0.3 is 0 Å². The number of fused-ring (bicyclic) bond motifs is 1. The Labute approximate surface area is 145 Å². The number of pyridine rings is 1. The van der Waals surface area contributed by atoms with E-state index in [9.17, 15) is 9.59 Å². The highest BCUT2D eigenvalue weighted by atomic mass is 16.2. The third-order valence-electron chi connectivity index (χ3n) is 4.99. The van der Waals surface area contributed by atoms with Gasteiger partial charge in [-0.15, -0.1) is 0 Å². The van der Waals surface area contributed by atoms with Gasteiger partial charge in [-0.05, 0) is 31.5 Å². The van der Waals surface area contributed by atoms with Gasteiger partial charge in [-0.2, -0.15) is 10.2 Å². The maximum atomic E-state index is 12.7. The van der Waals surface area contributed by atoms with Crippen molar-refractivity contribution in [2.24, 2.45) is 0 Å². The second kappa shape index (κ2) is 6.23. The van der Waals surface area contributed by atoms with Gasteiger partial charge in [0.1, 0.15) is 0 Å². The van der Waals surface area contributed by atoms with Crippen molar-refractivity contribution in [2.75, 3.05) is 6.54 Å². The predicted molar refractivity (Wildman–Crippen MR) is 89.4 cm³/mol. The number of carbonyl (C=O) groups excluding carboxylic acids is 2. The summed E-state index contributed by atoms with van der Waals surface area (Å²) in [5.41, 5.74) is 2.34. The van der Waals surface area contributed by atoms with Crippen molar-refractivity contribution < 1.29 is 9.59 Å². The number of hydrogen-bond donors (Lipinski definition) is 0. The van der Waals surface area contributed by atoms with Gasteiger partial charge in [-0.25, -0.2) is 0 Å². The minimum atomic E-state index is -0.0780. The summed E-state index contributed by atoms with van der Waals surface area (Å²) in [6.07, 6.45) is 4.16. The lowest BCUT2D eigenvalue weighted by atomic mass is 10.1. The molecule has 0 bridgehead atoms. The average molecular weight is 337 g/mol. The molecule has 2 aromatic heterocycles. The first-order valence-electron chi connectivity index (χ1n) is 8.43. The van der Waals surface area contributed by atoms with Gasteiger partial charge in [0.2, 0.25) is 5.91 Å². The van der Waals surface area contributed by atoms with Crippen molar-refractivity contribution >= 4 is 11.8 Å². The van der Waals surface area contributed by atoms with Crippen molar-refractivity contribution in [1.82, 2.24) is 25.0 Å². The summed E-state index contributed by atoms with van der Waals surface area (Å²) in [6.45, 7) is 3.10. The van der Waals surface area contributed by atoms with Crippen molar-refractivity contribution in [3.8, 4) is 0 Å². The number of carbonyl (C=O) groups is 2. The molecule has 2 amide bonds. The average Bonchev–Trinajstić information content (AvgIpc) is 3.15. The lowest BCUT2D eigenvalue weighted by molar-refractivity contribution is -0.129. The Balaban J connectivity index is 1.52. The van der Waals surface area contributed by atoms with E-state index in [1.54, 1.807) is 6.07 Å². The predicted octanol–water partition coefficient (Wildman–Crippen LogP) is 1.20. The smallest absolute Gasteiger partial charge is 0.255 e. The molecular formula is C18H19N5O2. The standard InChI is InChI=1S/C18H19N5O2/c1-12-3-2-4-14(21-12)11-23-15-6-8-22(16(15)9-17(23)24)18(25)13-5-7-19-20-10-13/h2-5,7,10,15-16H,6,8-9,11H2,1H3/t15-,16+/m1/s1. The molecule has 2 saturated heterocycles. The molecule has 25 heavy (non-hydrogen) atoms. The summed E-state index contributed by atoms with van der Waals surface area (Å²) in [7, 11) is 0.